The van der Waals surface area contributed by atoms with E-state index in [0.29, 0.717) is 5.56 Å². The lowest BCUT2D eigenvalue weighted by Crippen LogP contribution is -2.32. The molecule has 1 aliphatic rings. The molecule has 1 N–H and O–H groups in total. The highest BCUT2D eigenvalue weighted by atomic mass is 19.4. The number of hydrogen-bond donors (Lipinski definition) is 1. The molecule has 0 unspecified atom stereocenters. The Kier molecular flexibility index (Phi) is 2.95. The van der Waals surface area contributed by atoms with Crippen molar-refractivity contribution in [3.63, 3.8) is 0 Å². The van der Waals surface area contributed by atoms with Crippen LogP contribution in [0.2, 0.25) is 0 Å². The zero-order valence-corrected chi connectivity index (χ0v) is 8.70. The first-order chi connectivity index (χ1) is 7.96. The summed E-state index contributed by atoms with van der Waals surface area (Å²) in [7, 11) is 0. The molecule has 0 aliphatic carbocycles. The number of nitrogens with one attached hydrogen (secondary N) is 1. The van der Waals surface area contributed by atoms with Crippen LogP contribution < -0.4 is 5.32 Å². The Morgan fingerprint density at radius 3 is 2.47 bits per heavy atom. The molecule has 0 saturated carbocycles. The van der Waals surface area contributed by atoms with Gasteiger partial charge in [-0.05, 0) is 5.56 Å². The molecule has 6 heteroatoms. The van der Waals surface area contributed by atoms with E-state index in [0.717, 1.165) is 0 Å². The number of hydrogen-bond acceptors (Lipinski definition) is 2. The van der Waals surface area contributed by atoms with Crippen molar-refractivity contribution in [3.05, 3.63) is 35.9 Å². The summed E-state index contributed by atoms with van der Waals surface area (Å²) >= 11 is 0. The lowest BCUT2D eigenvalue weighted by atomic mass is 10.0. The maximum Gasteiger partial charge on any atom is 0.408 e. The van der Waals surface area contributed by atoms with E-state index in [1.54, 1.807) is 30.3 Å². The fraction of sp³-hybridized carbons (Fsp3) is 0.364. The molecule has 0 bridgehead atoms. The average Bonchev–Trinajstić information content (AvgIpc) is 2.58. The molecule has 1 saturated heterocycles. The fourth-order valence-electron chi connectivity index (χ4n) is 1.81. The van der Waals surface area contributed by atoms with Gasteiger partial charge in [-0.25, -0.2) is 4.79 Å². The van der Waals surface area contributed by atoms with Gasteiger partial charge in [-0.15, -0.1) is 0 Å². The van der Waals surface area contributed by atoms with Gasteiger partial charge in [0.2, 0.25) is 0 Å². The summed E-state index contributed by atoms with van der Waals surface area (Å²) in [5, 5.41) is 2.18. The summed E-state index contributed by atoms with van der Waals surface area (Å²) in [4.78, 5) is 11.0. The Balaban J connectivity index is 2.17. The van der Waals surface area contributed by atoms with Crippen LogP contribution in [0.5, 0.6) is 0 Å². The van der Waals surface area contributed by atoms with Crippen LogP contribution in [0, 0.1) is 0 Å². The number of alkyl carbamates (subject to hydrolysis) is 1. The Labute approximate surface area is 95.6 Å². The summed E-state index contributed by atoms with van der Waals surface area (Å²) in [5.74, 6) is 0. The number of rotatable bonds is 2. The molecule has 1 heterocycles. The second-order valence-electron chi connectivity index (χ2n) is 3.81. The lowest BCUT2D eigenvalue weighted by molar-refractivity contribution is -0.142. The number of carbonyl (C=O) groups is 1. The Morgan fingerprint density at radius 1 is 1.24 bits per heavy atom. The predicted molar refractivity (Wildman–Crippen MR) is 53.3 cm³/mol. The molecular weight excluding hydrogens is 235 g/mol. The monoisotopic (exact) mass is 245 g/mol. The summed E-state index contributed by atoms with van der Waals surface area (Å²) in [5.41, 5.74) is 0.556. The molecule has 3 nitrogen and oxygen atoms in total. The van der Waals surface area contributed by atoms with Crippen molar-refractivity contribution in [2.45, 2.75) is 24.7 Å². The minimum atomic E-state index is -4.33. The molecule has 1 amide bonds. The Hall–Kier alpha value is -1.72. The number of halogens is 3. The van der Waals surface area contributed by atoms with E-state index in [2.05, 4.69) is 5.32 Å². The molecule has 1 fully saturated rings. The van der Waals surface area contributed by atoms with Crippen LogP contribution in [0.15, 0.2) is 30.3 Å². The lowest BCUT2D eigenvalue weighted by Gasteiger charge is -2.18. The van der Waals surface area contributed by atoms with E-state index in [4.69, 9.17) is 4.74 Å². The summed E-state index contributed by atoms with van der Waals surface area (Å²) in [6.45, 7) is 0. The first kappa shape index (κ1) is 11.8. The molecular formula is C11H10F3NO2. The molecule has 1 aromatic carbocycles. The molecule has 1 aliphatic heterocycles. The molecule has 0 radical (unpaired) electrons. The molecule has 2 rings (SSSR count). The van der Waals surface area contributed by atoms with E-state index < -0.39 is 30.8 Å². The first-order valence-electron chi connectivity index (χ1n) is 5.04. The maximum absolute atomic E-state index is 12.3. The average molecular weight is 245 g/mol. The minimum Gasteiger partial charge on any atom is -0.439 e. The van der Waals surface area contributed by atoms with Gasteiger partial charge in [-0.1, -0.05) is 30.3 Å². The van der Waals surface area contributed by atoms with Crippen molar-refractivity contribution in [1.82, 2.24) is 5.32 Å². The van der Waals surface area contributed by atoms with Gasteiger partial charge >= 0.3 is 12.3 Å². The van der Waals surface area contributed by atoms with Gasteiger partial charge in [-0.2, -0.15) is 13.2 Å². The molecule has 1 aromatic rings. The van der Waals surface area contributed by atoms with Gasteiger partial charge in [0.05, 0.1) is 12.5 Å². The first-order valence-corrected chi connectivity index (χ1v) is 5.04. The van der Waals surface area contributed by atoms with Gasteiger partial charge < -0.3 is 10.1 Å². The normalized spacial score (nSPS) is 24.3. The minimum absolute atomic E-state index is 0.556. The quantitative estimate of drug-likeness (QED) is 0.870. The molecule has 17 heavy (non-hydrogen) atoms. The number of carbonyl (C=O) groups excluding carboxylic acids is 1. The van der Waals surface area contributed by atoms with Crippen LogP contribution in [-0.2, 0) is 4.74 Å². The van der Waals surface area contributed by atoms with Crippen LogP contribution in [0.4, 0.5) is 18.0 Å². The van der Waals surface area contributed by atoms with Crippen LogP contribution in [0.25, 0.3) is 0 Å². The molecule has 92 valence electrons. The number of amides is 1. The van der Waals surface area contributed by atoms with Crippen molar-refractivity contribution < 1.29 is 22.7 Å². The van der Waals surface area contributed by atoms with Crippen LogP contribution in [0.1, 0.15) is 18.1 Å². The maximum atomic E-state index is 12.3. The number of ether oxygens (including phenoxy) is 1. The third-order valence-corrected chi connectivity index (χ3v) is 2.48. The second-order valence-corrected chi connectivity index (χ2v) is 3.81. The highest BCUT2D eigenvalue weighted by Gasteiger charge is 2.42. The van der Waals surface area contributed by atoms with E-state index in [1.165, 1.54) is 0 Å². The predicted octanol–water partition coefficient (Wildman–Crippen LogP) is 2.79. The number of alkyl halides is 3. The van der Waals surface area contributed by atoms with Gasteiger partial charge in [0.15, 0.2) is 0 Å². The standard InChI is InChI=1S/C11H10F3NO2/c12-11(13,14)6-8-9(17-10(16)15-8)7-4-2-1-3-5-7/h1-5,8-9H,6H2,(H,15,16)/t8-,9+/m0/s1. The summed E-state index contributed by atoms with van der Waals surface area (Å²) in [6, 6.07) is 7.32. The smallest absolute Gasteiger partial charge is 0.408 e. The Morgan fingerprint density at radius 2 is 1.88 bits per heavy atom. The van der Waals surface area contributed by atoms with Crippen molar-refractivity contribution in [1.29, 1.82) is 0 Å². The zero-order chi connectivity index (χ0) is 12.5. The fourth-order valence-corrected chi connectivity index (χ4v) is 1.81. The zero-order valence-electron chi connectivity index (χ0n) is 8.70. The Bertz CT molecular complexity index is 405. The van der Waals surface area contributed by atoms with Crippen LogP contribution >= 0.6 is 0 Å². The van der Waals surface area contributed by atoms with Crippen LogP contribution in [-0.4, -0.2) is 18.3 Å². The molecule has 0 spiro atoms. The topological polar surface area (TPSA) is 38.3 Å². The van der Waals surface area contributed by atoms with Crippen molar-refractivity contribution >= 4 is 6.09 Å². The van der Waals surface area contributed by atoms with E-state index in [-0.39, 0.29) is 0 Å². The molecule has 2 atom stereocenters. The van der Waals surface area contributed by atoms with E-state index in [1.807, 2.05) is 0 Å². The third-order valence-electron chi connectivity index (χ3n) is 2.48. The van der Waals surface area contributed by atoms with Crippen LogP contribution in [0.3, 0.4) is 0 Å². The SMILES string of the molecule is O=C1N[C@@H](CC(F)(F)F)[C@@H](c2ccccc2)O1. The second kappa shape index (κ2) is 4.27. The van der Waals surface area contributed by atoms with Gasteiger partial charge in [0, 0.05) is 0 Å². The summed E-state index contributed by atoms with van der Waals surface area (Å²) in [6.07, 6.45) is -7.13. The van der Waals surface area contributed by atoms with Crippen molar-refractivity contribution in [3.8, 4) is 0 Å². The number of cyclic esters (lactones) is 1. The third kappa shape index (κ3) is 2.89. The van der Waals surface area contributed by atoms with Gasteiger partial charge in [-0.3, -0.25) is 0 Å². The largest absolute Gasteiger partial charge is 0.439 e. The van der Waals surface area contributed by atoms with Crippen molar-refractivity contribution in [2.75, 3.05) is 0 Å². The summed E-state index contributed by atoms with van der Waals surface area (Å²) < 4.78 is 41.8. The highest BCUT2D eigenvalue weighted by Crippen LogP contribution is 2.33. The van der Waals surface area contributed by atoms with Gasteiger partial charge in [0.25, 0.3) is 0 Å². The van der Waals surface area contributed by atoms with Crippen molar-refractivity contribution in [2.24, 2.45) is 0 Å². The molecule has 0 aromatic heterocycles. The highest BCUT2D eigenvalue weighted by molar-refractivity contribution is 5.70. The number of benzene rings is 1. The van der Waals surface area contributed by atoms with Gasteiger partial charge in [0.1, 0.15) is 6.10 Å². The van der Waals surface area contributed by atoms with E-state index >= 15 is 0 Å². The van der Waals surface area contributed by atoms with E-state index in [9.17, 15) is 18.0 Å².